The minimum Gasteiger partial charge on any atom is -0.381 e. The van der Waals surface area contributed by atoms with Crippen molar-refractivity contribution in [2.24, 2.45) is 5.92 Å². The molecule has 1 aromatic heterocycles. The number of aryl methyl sites for hydroxylation is 1. The van der Waals surface area contributed by atoms with Crippen LogP contribution in [0.25, 0.3) is 0 Å². The van der Waals surface area contributed by atoms with E-state index in [2.05, 4.69) is 47.3 Å². The summed E-state index contributed by atoms with van der Waals surface area (Å²) >= 11 is 0. The second-order valence-corrected chi connectivity index (χ2v) is 8.36. The molecule has 2 aromatic rings. The summed E-state index contributed by atoms with van der Waals surface area (Å²) in [5, 5.41) is 3.60. The lowest BCUT2D eigenvalue weighted by Crippen LogP contribution is -2.48. The third kappa shape index (κ3) is 3.86. The highest BCUT2D eigenvalue weighted by molar-refractivity contribution is 5.94. The first-order valence-corrected chi connectivity index (χ1v) is 10.5. The maximum Gasteiger partial charge on any atom is 0.224 e. The minimum absolute atomic E-state index is 0.0624. The fourth-order valence-electron chi connectivity index (χ4n) is 4.63. The zero-order valence-corrected chi connectivity index (χ0v) is 17.7. The van der Waals surface area contributed by atoms with Crippen LogP contribution in [0.1, 0.15) is 62.4 Å². The monoisotopic (exact) mass is 394 g/mol. The second-order valence-electron chi connectivity index (χ2n) is 8.36. The Hall–Kier alpha value is -2.47. The molecule has 0 bridgehead atoms. The number of hydrogen-bond donors (Lipinski definition) is 1. The van der Waals surface area contributed by atoms with Crippen LogP contribution in [0.15, 0.2) is 30.6 Å². The van der Waals surface area contributed by atoms with Crippen LogP contribution in [0.3, 0.4) is 0 Å². The van der Waals surface area contributed by atoms with Crippen LogP contribution >= 0.6 is 0 Å². The molecule has 1 aromatic carbocycles. The number of nitrogens with one attached hydrogen (secondary N) is 1. The number of fused-ring (bicyclic) bond motifs is 1. The van der Waals surface area contributed by atoms with Crippen molar-refractivity contribution in [2.45, 2.75) is 58.5 Å². The summed E-state index contributed by atoms with van der Waals surface area (Å²) in [6.45, 7) is 9.53. The zero-order chi connectivity index (χ0) is 20.5. The Bertz CT molecular complexity index is 877. The number of nitrogens with zero attached hydrogens (tertiary/aromatic N) is 3. The lowest BCUT2D eigenvalue weighted by atomic mass is 9.80. The molecule has 3 atom stereocenters. The summed E-state index contributed by atoms with van der Waals surface area (Å²) < 4.78 is 5.54. The first kappa shape index (κ1) is 19.8. The van der Waals surface area contributed by atoms with Crippen molar-refractivity contribution in [1.29, 1.82) is 0 Å². The van der Waals surface area contributed by atoms with E-state index < -0.39 is 0 Å². The highest BCUT2D eigenvalue weighted by Gasteiger charge is 2.38. The van der Waals surface area contributed by atoms with E-state index in [0.29, 0.717) is 5.92 Å². The van der Waals surface area contributed by atoms with Crippen LogP contribution in [-0.4, -0.2) is 35.1 Å². The van der Waals surface area contributed by atoms with E-state index in [1.165, 1.54) is 5.56 Å². The van der Waals surface area contributed by atoms with Crippen molar-refractivity contribution in [3.05, 3.63) is 47.4 Å². The summed E-state index contributed by atoms with van der Waals surface area (Å²) in [6.07, 6.45) is 5.65. The summed E-state index contributed by atoms with van der Waals surface area (Å²) in [5.74, 6) is 1.57. The van der Waals surface area contributed by atoms with Gasteiger partial charge in [0.1, 0.15) is 5.82 Å². The minimum atomic E-state index is 0.0624. The molecule has 0 spiro atoms. The number of hydrogen-bond acceptors (Lipinski definition) is 5. The molecule has 1 N–H and O–H groups in total. The van der Waals surface area contributed by atoms with Gasteiger partial charge in [-0.15, -0.1) is 0 Å². The molecule has 0 radical (unpaired) electrons. The number of aromatic nitrogens is 2. The van der Waals surface area contributed by atoms with Crippen LogP contribution < -0.4 is 10.2 Å². The van der Waals surface area contributed by atoms with Crippen LogP contribution in [-0.2, 0) is 9.53 Å². The van der Waals surface area contributed by atoms with Gasteiger partial charge in [-0.3, -0.25) is 9.78 Å². The molecule has 1 fully saturated rings. The van der Waals surface area contributed by atoms with Gasteiger partial charge in [-0.25, -0.2) is 4.98 Å². The predicted molar refractivity (Wildman–Crippen MR) is 114 cm³/mol. The molecule has 2 aliphatic rings. The Morgan fingerprint density at radius 3 is 2.59 bits per heavy atom. The van der Waals surface area contributed by atoms with Crippen LogP contribution in [0.4, 0.5) is 11.5 Å². The summed E-state index contributed by atoms with van der Waals surface area (Å²) in [6, 6.07) is 6.76. The Morgan fingerprint density at radius 2 is 1.93 bits per heavy atom. The van der Waals surface area contributed by atoms with E-state index >= 15 is 0 Å². The molecule has 0 saturated carbocycles. The van der Waals surface area contributed by atoms with Gasteiger partial charge in [-0.05, 0) is 49.8 Å². The van der Waals surface area contributed by atoms with E-state index in [-0.39, 0.29) is 23.9 Å². The maximum absolute atomic E-state index is 12.5. The normalized spacial score (nSPS) is 24.8. The molecular weight excluding hydrogens is 364 g/mol. The van der Waals surface area contributed by atoms with E-state index in [1.54, 1.807) is 19.3 Å². The molecule has 1 saturated heterocycles. The topological polar surface area (TPSA) is 67.3 Å². The third-order valence-corrected chi connectivity index (χ3v) is 6.46. The quantitative estimate of drug-likeness (QED) is 0.844. The van der Waals surface area contributed by atoms with Crippen molar-refractivity contribution in [3.8, 4) is 0 Å². The van der Waals surface area contributed by atoms with Crippen LogP contribution in [0.2, 0.25) is 0 Å². The van der Waals surface area contributed by atoms with E-state index in [9.17, 15) is 4.79 Å². The molecule has 154 valence electrons. The molecule has 4 rings (SSSR count). The van der Waals surface area contributed by atoms with Gasteiger partial charge in [0, 0.05) is 37.8 Å². The molecule has 0 unspecified atom stereocenters. The SMILES string of the molecule is CC(=O)N1c2ccc(C3CCOCC3)cc2[C@H](Nc2cnc(C)cn2)[C@@H](C)[C@@H]1C. The van der Waals surface area contributed by atoms with Crippen LogP contribution in [0, 0.1) is 12.8 Å². The molecule has 3 heterocycles. The van der Waals surface area contributed by atoms with Gasteiger partial charge in [0.25, 0.3) is 0 Å². The van der Waals surface area contributed by atoms with E-state index in [1.807, 2.05) is 11.8 Å². The average molecular weight is 395 g/mol. The van der Waals surface area contributed by atoms with Crippen molar-refractivity contribution >= 4 is 17.4 Å². The molecule has 6 nitrogen and oxygen atoms in total. The Morgan fingerprint density at radius 1 is 1.17 bits per heavy atom. The van der Waals surface area contributed by atoms with Gasteiger partial charge in [0.2, 0.25) is 5.91 Å². The summed E-state index contributed by atoms with van der Waals surface area (Å²) in [4.78, 5) is 23.3. The first-order valence-electron chi connectivity index (χ1n) is 10.5. The number of carbonyl (C=O) groups excluding carboxylic acids is 1. The number of carbonyl (C=O) groups is 1. The lowest BCUT2D eigenvalue weighted by Gasteiger charge is -2.44. The smallest absolute Gasteiger partial charge is 0.224 e. The largest absolute Gasteiger partial charge is 0.381 e. The maximum atomic E-state index is 12.5. The zero-order valence-electron chi connectivity index (χ0n) is 17.7. The molecule has 29 heavy (non-hydrogen) atoms. The van der Waals surface area contributed by atoms with Crippen LogP contribution in [0.5, 0.6) is 0 Å². The molecule has 0 aliphatic carbocycles. The second kappa shape index (κ2) is 8.11. The summed E-state index contributed by atoms with van der Waals surface area (Å²) in [7, 11) is 0. The predicted octanol–water partition coefficient (Wildman–Crippen LogP) is 4.22. The van der Waals surface area contributed by atoms with Gasteiger partial charge < -0.3 is 15.0 Å². The van der Waals surface area contributed by atoms with Crippen molar-refractivity contribution < 1.29 is 9.53 Å². The average Bonchev–Trinajstić information content (AvgIpc) is 2.73. The number of benzene rings is 1. The van der Waals surface area contributed by atoms with Gasteiger partial charge >= 0.3 is 0 Å². The fourth-order valence-corrected chi connectivity index (χ4v) is 4.63. The third-order valence-electron chi connectivity index (χ3n) is 6.46. The molecule has 2 aliphatic heterocycles. The Labute approximate surface area is 172 Å². The van der Waals surface area contributed by atoms with Gasteiger partial charge in [-0.2, -0.15) is 0 Å². The highest BCUT2D eigenvalue weighted by atomic mass is 16.5. The number of amides is 1. The fraction of sp³-hybridized carbons (Fsp3) is 0.522. The molecular formula is C23H30N4O2. The lowest BCUT2D eigenvalue weighted by molar-refractivity contribution is -0.117. The first-order chi connectivity index (χ1) is 14.0. The Kier molecular flexibility index (Phi) is 5.54. The van der Waals surface area contributed by atoms with E-state index in [4.69, 9.17) is 4.74 Å². The molecule has 6 heteroatoms. The Balaban J connectivity index is 1.75. The number of rotatable bonds is 3. The van der Waals surface area contributed by atoms with Gasteiger partial charge in [-0.1, -0.05) is 19.1 Å². The number of anilines is 2. The number of ether oxygens (including phenoxy) is 1. The van der Waals surface area contributed by atoms with Gasteiger partial charge in [0.15, 0.2) is 0 Å². The molecule has 1 amide bonds. The van der Waals surface area contributed by atoms with Crippen molar-refractivity contribution in [1.82, 2.24) is 9.97 Å². The van der Waals surface area contributed by atoms with Crippen molar-refractivity contribution in [2.75, 3.05) is 23.4 Å². The van der Waals surface area contributed by atoms with E-state index in [0.717, 1.165) is 48.8 Å². The van der Waals surface area contributed by atoms with Crippen molar-refractivity contribution in [3.63, 3.8) is 0 Å². The highest BCUT2D eigenvalue weighted by Crippen LogP contribution is 2.44. The standard InChI is InChI=1S/C23H30N4O2/c1-14-12-25-22(13-24-14)26-23-15(2)16(3)27(17(4)28)21-6-5-19(11-20(21)23)18-7-9-29-10-8-18/h5-6,11-13,15-16,18,23H,7-10H2,1-4H3,(H,25,26)/t15-,16-,23+/m0/s1. The van der Waals surface area contributed by atoms with Gasteiger partial charge in [0.05, 0.1) is 24.1 Å². The summed E-state index contributed by atoms with van der Waals surface area (Å²) in [5.41, 5.74) is 4.39.